The van der Waals surface area contributed by atoms with Crippen molar-refractivity contribution >= 4 is 0 Å². The van der Waals surface area contributed by atoms with Crippen LogP contribution in [0.5, 0.6) is 0 Å². The Labute approximate surface area is 99.2 Å². The number of hydrogen-bond acceptors (Lipinski definition) is 2. The van der Waals surface area contributed by atoms with Gasteiger partial charge in [-0.1, -0.05) is 13.8 Å². The molecule has 0 bridgehead atoms. The molecule has 0 amide bonds. The molecule has 0 saturated heterocycles. The van der Waals surface area contributed by atoms with E-state index in [4.69, 9.17) is 5.10 Å². The van der Waals surface area contributed by atoms with E-state index in [1.807, 2.05) is 7.05 Å². The SMILES string of the molecule is CCc1nn(C(C)C)c(CC)c1C(C)NC. The lowest BCUT2D eigenvalue weighted by Crippen LogP contribution is -2.16. The first kappa shape index (κ1) is 13.2. The lowest BCUT2D eigenvalue weighted by molar-refractivity contribution is 0.504. The van der Waals surface area contributed by atoms with Crippen LogP contribution in [0.4, 0.5) is 0 Å². The molecule has 16 heavy (non-hydrogen) atoms. The van der Waals surface area contributed by atoms with Crippen molar-refractivity contribution in [2.24, 2.45) is 0 Å². The highest BCUT2D eigenvalue weighted by Crippen LogP contribution is 2.25. The molecule has 1 rings (SSSR count). The molecule has 92 valence electrons. The van der Waals surface area contributed by atoms with Crippen LogP contribution in [-0.4, -0.2) is 16.8 Å². The molecule has 0 fully saturated rings. The minimum Gasteiger partial charge on any atom is -0.313 e. The third-order valence-corrected chi connectivity index (χ3v) is 3.15. The maximum atomic E-state index is 4.74. The van der Waals surface area contributed by atoms with Crippen molar-refractivity contribution in [1.29, 1.82) is 0 Å². The van der Waals surface area contributed by atoms with Gasteiger partial charge in [-0.15, -0.1) is 0 Å². The monoisotopic (exact) mass is 223 g/mol. The van der Waals surface area contributed by atoms with Crippen LogP contribution in [-0.2, 0) is 12.8 Å². The molecule has 0 aromatic carbocycles. The first-order chi connectivity index (χ1) is 7.56. The summed E-state index contributed by atoms with van der Waals surface area (Å²) in [5.41, 5.74) is 4.03. The van der Waals surface area contributed by atoms with Crippen molar-refractivity contribution in [3.05, 3.63) is 17.0 Å². The van der Waals surface area contributed by atoms with E-state index < -0.39 is 0 Å². The Bertz CT molecular complexity index is 339. The molecule has 0 aliphatic carbocycles. The Kier molecular flexibility index (Phi) is 4.54. The topological polar surface area (TPSA) is 29.9 Å². The van der Waals surface area contributed by atoms with Crippen molar-refractivity contribution in [2.75, 3.05) is 7.05 Å². The van der Waals surface area contributed by atoms with Gasteiger partial charge in [0.2, 0.25) is 0 Å². The lowest BCUT2D eigenvalue weighted by atomic mass is 10.0. The summed E-state index contributed by atoms with van der Waals surface area (Å²) in [7, 11) is 2.01. The molecule has 3 heteroatoms. The van der Waals surface area contributed by atoms with Crippen LogP contribution in [0.1, 0.15) is 63.7 Å². The summed E-state index contributed by atoms with van der Waals surface area (Å²) in [6, 6.07) is 0.829. The van der Waals surface area contributed by atoms with Gasteiger partial charge in [0, 0.05) is 23.3 Å². The Morgan fingerprint density at radius 3 is 2.19 bits per heavy atom. The first-order valence-corrected chi connectivity index (χ1v) is 6.34. The van der Waals surface area contributed by atoms with E-state index in [1.165, 1.54) is 17.0 Å². The van der Waals surface area contributed by atoms with Crippen LogP contribution in [0.3, 0.4) is 0 Å². The van der Waals surface area contributed by atoms with Crippen LogP contribution in [0.2, 0.25) is 0 Å². The van der Waals surface area contributed by atoms with Gasteiger partial charge in [-0.05, 0) is 40.7 Å². The predicted molar refractivity (Wildman–Crippen MR) is 68.8 cm³/mol. The zero-order valence-corrected chi connectivity index (χ0v) is 11.5. The fourth-order valence-corrected chi connectivity index (χ4v) is 2.22. The summed E-state index contributed by atoms with van der Waals surface area (Å²) in [5, 5.41) is 8.07. The lowest BCUT2D eigenvalue weighted by Gasteiger charge is -2.15. The number of nitrogens with zero attached hydrogens (tertiary/aromatic N) is 2. The summed E-state index contributed by atoms with van der Waals surface area (Å²) in [5.74, 6) is 0. The third-order valence-electron chi connectivity index (χ3n) is 3.15. The smallest absolute Gasteiger partial charge is 0.0672 e. The van der Waals surface area contributed by atoms with Crippen molar-refractivity contribution in [3.8, 4) is 0 Å². The molecule has 0 radical (unpaired) electrons. The van der Waals surface area contributed by atoms with Crippen molar-refractivity contribution < 1.29 is 0 Å². The maximum absolute atomic E-state index is 4.74. The molecular formula is C13H25N3. The van der Waals surface area contributed by atoms with Gasteiger partial charge >= 0.3 is 0 Å². The van der Waals surface area contributed by atoms with Gasteiger partial charge in [-0.25, -0.2) is 0 Å². The van der Waals surface area contributed by atoms with E-state index in [-0.39, 0.29) is 0 Å². The number of hydrogen-bond donors (Lipinski definition) is 1. The van der Waals surface area contributed by atoms with E-state index in [0.717, 1.165) is 12.8 Å². The highest BCUT2D eigenvalue weighted by molar-refractivity contribution is 5.30. The van der Waals surface area contributed by atoms with Crippen molar-refractivity contribution in [2.45, 2.75) is 59.5 Å². The average molecular weight is 223 g/mol. The molecule has 1 heterocycles. The zero-order chi connectivity index (χ0) is 12.3. The Hall–Kier alpha value is -0.830. The summed E-state index contributed by atoms with van der Waals surface area (Å²) >= 11 is 0. The second-order valence-corrected chi connectivity index (χ2v) is 4.56. The summed E-state index contributed by atoms with van der Waals surface area (Å²) < 4.78 is 2.18. The van der Waals surface area contributed by atoms with Gasteiger partial charge in [0.15, 0.2) is 0 Å². The molecule has 0 spiro atoms. The maximum Gasteiger partial charge on any atom is 0.0672 e. The van der Waals surface area contributed by atoms with Crippen LogP contribution >= 0.6 is 0 Å². The predicted octanol–water partition coefficient (Wildman–Crippen LogP) is 2.87. The highest BCUT2D eigenvalue weighted by atomic mass is 15.3. The standard InChI is InChI=1S/C13H25N3/c1-7-11-13(10(5)14-6)12(8-2)16(15-11)9(3)4/h9-10,14H,7-8H2,1-6H3. The number of rotatable bonds is 5. The van der Waals surface area contributed by atoms with E-state index in [9.17, 15) is 0 Å². The largest absolute Gasteiger partial charge is 0.313 e. The molecular weight excluding hydrogens is 198 g/mol. The van der Waals surface area contributed by atoms with E-state index in [0.29, 0.717) is 12.1 Å². The van der Waals surface area contributed by atoms with Crippen LogP contribution in [0, 0.1) is 0 Å². The molecule has 0 aliphatic heterocycles. The minimum absolute atomic E-state index is 0.386. The van der Waals surface area contributed by atoms with Gasteiger partial charge in [0.1, 0.15) is 0 Å². The van der Waals surface area contributed by atoms with Crippen LogP contribution in [0.15, 0.2) is 0 Å². The van der Waals surface area contributed by atoms with Crippen LogP contribution in [0.25, 0.3) is 0 Å². The van der Waals surface area contributed by atoms with E-state index in [2.05, 4.69) is 44.6 Å². The van der Waals surface area contributed by atoms with E-state index >= 15 is 0 Å². The molecule has 0 saturated carbocycles. The normalized spacial score (nSPS) is 13.4. The summed E-state index contributed by atoms with van der Waals surface area (Å²) in [6.07, 6.45) is 2.06. The highest BCUT2D eigenvalue weighted by Gasteiger charge is 2.20. The minimum atomic E-state index is 0.386. The van der Waals surface area contributed by atoms with Gasteiger partial charge in [-0.3, -0.25) is 4.68 Å². The first-order valence-electron chi connectivity index (χ1n) is 6.34. The van der Waals surface area contributed by atoms with Crippen LogP contribution < -0.4 is 5.32 Å². The van der Waals surface area contributed by atoms with Gasteiger partial charge in [0.05, 0.1) is 5.69 Å². The number of aromatic nitrogens is 2. The van der Waals surface area contributed by atoms with Gasteiger partial charge < -0.3 is 5.32 Å². The Balaban J connectivity index is 3.31. The summed E-state index contributed by atoms with van der Waals surface area (Å²) in [6.45, 7) is 11.0. The third kappa shape index (κ3) is 2.29. The second-order valence-electron chi connectivity index (χ2n) is 4.56. The molecule has 1 aromatic rings. The number of aryl methyl sites for hydroxylation is 1. The fraction of sp³-hybridized carbons (Fsp3) is 0.769. The quantitative estimate of drug-likeness (QED) is 0.832. The van der Waals surface area contributed by atoms with Crippen molar-refractivity contribution in [1.82, 2.24) is 15.1 Å². The molecule has 3 nitrogen and oxygen atoms in total. The zero-order valence-electron chi connectivity index (χ0n) is 11.5. The number of nitrogens with one attached hydrogen (secondary N) is 1. The average Bonchev–Trinajstić information content (AvgIpc) is 2.66. The fourth-order valence-electron chi connectivity index (χ4n) is 2.22. The Morgan fingerprint density at radius 2 is 1.81 bits per heavy atom. The molecule has 1 aromatic heterocycles. The Morgan fingerprint density at radius 1 is 1.19 bits per heavy atom. The molecule has 0 aliphatic rings. The van der Waals surface area contributed by atoms with Gasteiger partial charge in [-0.2, -0.15) is 5.10 Å². The molecule has 1 N–H and O–H groups in total. The van der Waals surface area contributed by atoms with Gasteiger partial charge in [0.25, 0.3) is 0 Å². The molecule has 1 atom stereocenters. The summed E-state index contributed by atoms with van der Waals surface area (Å²) in [4.78, 5) is 0. The molecule has 1 unspecified atom stereocenters. The van der Waals surface area contributed by atoms with E-state index in [1.54, 1.807) is 0 Å². The van der Waals surface area contributed by atoms with Crippen molar-refractivity contribution in [3.63, 3.8) is 0 Å². The second kappa shape index (κ2) is 5.48.